The molecule has 7 nitrogen and oxygen atoms in total. The van der Waals surface area contributed by atoms with Crippen molar-refractivity contribution in [3.05, 3.63) is 72.0 Å². The molecule has 1 saturated heterocycles. The minimum atomic E-state index is -0.112. The van der Waals surface area contributed by atoms with Crippen molar-refractivity contribution in [1.82, 2.24) is 14.9 Å². The number of benzene rings is 1. The van der Waals surface area contributed by atoms with E-state index in [9.17, 15) is 9.59 Å². The molecule has 0 saturated carbocycles. The van der Waals surface area contributed by atoms with E-state index < -0.39 is 0 Å². The molecule has 0 atom stereocenters. The summed E-state index contributed by atoms with van der Waals surface area (Å²) >= 11 is 1.37. The summed E-state index contributed by atoms with van der Waals surface area (Å²) < 4.78 is 0. The fourth-order valence-electron chi connectivity index (χ4n) is 3.46. The summed E-state index contributed by atoms with van der Waals surface area (Å²) in [5, 5.41) is 2.43. The van der Waals surface area contributed by atoms with Crippen LogP contribution in [0.25, 0.3) is 6.08 Å². The Morgan fingerprint density at radius 2 is 1.74 bits per heavy atom. The first-order chi connectivity index (χ1) is 15.1. The van der Waals surface area contributed by atoms with Gasteiger partial charge >= 0.3 is 0 Å². The smallest absolute Gasteiger partial charge is 0.246 e. The number of rotatable bonds is 5. The zero-order valence-electron chi connectivity index (χ0n) is 17.2. The van der Waals surface area contributed by atoms with E-state index in [1.165, 1.54) is 18.3 Å². The molecule has 1 aliphatic rings. The zero-order chi connectivity index (χ0) is 21.6. The van der Waals surface area contributed by atoms with E-state index in [1.54, 1.807) is 29.4 Å². The molecule has 4 rings (SSSR count). The highest BCUT2D eigenvalue weighted by molar-refractivity contribution is 7.14. The quantitative estimate of drug-likeness (QED) is 0.575. The lowest BCUT2D eigenvalue weighted by atomic mass is 10.2. The fraction of sp³-hybridized carbons (Fsp3) is 0.217. The van der Waals surface area contributed by atoms with Crippen LogP contribution in [0, 0.1) is 0 Å². The number of anilines is 3. The van der Waals surface area contributed by atoms with E-state index >= 15 is 0 Å². The van der Waals surface area contributed by atoms with Crippen LogP contribution in [0.5, 0.6) is 0 Å². The van der Waals surface area contributed by atoms with Crippen molar-refractivity contribution in [2.75, 3.05) is 36.0 Å². The van der Waals surface area contributed by atoms with Gasteiger partial charge in [0.15, 0.2) is 5.13 Å². The number of hydrogen-bond acceptors (Lipinski definition) is 6. The van der Waals surface area contributed by atoms with Crippen LogP contribution in [0.4, 0.5) is 16.5 Å². The molecule has 158 valence electrons. The van der Waals surface area contributed by atoms with Crippen LogP contribution in [0.15, 0.2) is 66.3 Å². The first-order valence-corrected chi connectivity index (χ1v) is 10.9. The average Bonchev–Trinajstić information content (AvgIpc) is 3.27. The summed E-state index contributed by atoms with van der Waals surface area (Å²) in [5.41, 5.74) is 2.55. The van der Waals surface area contributed by atoms with Gasteiger partial charge < -0.3 is 9.80 Å². The van der Waals surface area contributed by atoms with Crippen molar-refractivity contribution in [3.8, 4) is 0 Å². The van der Waals surface area contributed by atoms with Crippen molar-refractivity contribution in [3.63, 3.8) is 0 Å². The number of thiazole rings is 1. The second-order valence-electron chi connectivity index (χ2n) is 7.10. The summed E-state index contributed by atoms with van der Waals surface area (Å²) in [6, 6.07) is 13.4. The summed E-state index contributed by atoms with van der Waals surface area (Å²) in [6.45, 7) is 4.42. The normalized spacial score (nSPS) is 14.1. The summed E-state index contributed by atoms with van der Waals surface area (Å²) in [4.78, 5) is 39.0. The summed E-state index contributed by atoms with van der Waals surface area (Å²) in [6.07, 6.45) is 6.83. The van der Waals surface area contributed by atoms with E-state index in [1.807, 2.05) is 52.7 Å². The SMILES string of the molecule is CC(=O)N(c1ccccc1)c1nc(C=CC(=O)N2CCN(c3ccncc3)CC2)cs1. The lowest BCUT2D eigenvalue weighted by molar-refractivity contribution is -0.126. The Morgan fingerprint density at radius 1 is 1.03 bits per heavy atom. The number of para-hydroxylation sites is 1. The molecule has 31 heavy (non-hydrogen) atoms. The van der Waals surface area contributed by atoms with Crippen LogP contribution in [-0.2, 0) is 9.59 Å². The number of piperazine rings is 1. The lowest BCUT2D eigenvalue weighted by Gasteiger charge is -2.35. The van der Waals surface area contributed by atoms with Crippen LogP contribution >= 0.6 is 11.3 Å². The van der Waals surface area contributed by atoms with E-state index in [4.69, 9.17) is 0 Å². The lowest BCUT2D eigenvalue weighted by Crippen LogP contribution is -2.48. The second kappa shape index (κ2) is 9.53. The fourth-order valence-corrected chi connectivity index (χ4v) is 4.32. The predicted octanol–water partition coefficient (Wildman–Crippen LogP) is 3.58. The summed E-state index contributed by atoms with van der Waals surface area (Å²) in [7, 11) is 0. The monoisotopic (exact) mass is 433 g/mol. The number of amides is 2. The molecule has 3 aromatic rings. The highest BCUT2D eigenvalue weighted by Gasteiger charge is 2.20. The maximum Gasteiger partial charge on any atom is 0.246 e. The molecule has 0 radical (unpaired) electrons. The van der Waals surface area contributed by atoms with Crippen molar-refractivity contribution in [2.45, 2.75) is 6.92 Å². The molecule has 0 N–H and O–H groups in total. The topological polar surface area (TPSA) is 69.6 Å². The average molecular weight is 434 g/mol. The van der Waals surface area contributed by atoms with Gasteiger partial charge in [0, 0.05) is 62.6 Å². The van der Waals surface area contributed by atoms with Gasteiger partial charge in [0.2, 0.25) is 11.8 Å². The van der Waals surface area contributed by atoms with Gasteiger partial charge in [-0.15, -0.1) is 11.3 Å². The Bertz CT molecular complexity index is 1060. The number of nitrogens with zero attached hydrogens (tertiary/aromatic N) is 5. The molecule has 8 heteroatoms. The van der Waals surface area contributed by atoms with Crippen LogP contribution in [-0.4, -0.2) is 52.9 Å². The molecule has 0 spiro atoms. The third kappa shape index (κ3) is 4.97. The van der Waals surface area contributed by atoms with Gasteiger partial charge in [0.05, 0.1) is 11.4 Å². The first-order valence-electron chi connectivity index (χ1n) is 10.0. The van der Waals surface area contributed by atoms with E-state index in [0.29, 0.717) is 23.9 Å². The van der Waals surface area contributed by atoms with Gasteiger partial charge in [0.1, 0.15) is 0 Å². The number of aromatic nitrogens is 2. The van der Waals surface area contributed by atoms with Crippen LogP contribution in [0.2, 0.25) is 0 Å². The van der Waals surface area contributed by atoms with Gasteiger partial charge in [-0.25, -0.2) is 4.98 Å². The molecular formula is C23H23N5O2S. The number of hydrogen-bond donors (Lipinski definition) is 0. The maximum absolute atomic E-state index is 12.6. The molecule has 1 aromatic carbocycles. The molecule has 0 aliphatic carbocycles. The van der Waals surface area contributed by atoms with Gasteiger partial charge in [-0.2, -0.15) is 0 Å². The Morgan fingerprint density at radius 3 is 2.42 bits per heavy atom. The number of carbonyl (C=O) groups is 2. The number of carbonyl (C=O) groups excluding carboxylic acids is 2. The Labute approximate surface area is 185 Å². The standard InChI is InChI=1S/C23H23N5O2S/c1-18(29)28(21-5-3-2-4-6-21)23-25-19(17-31-23)7-8-22(30)27-15-13-26(14-16-27)20-9-11-24-12-10-20/h2-12,17H,13-16H2,1H3. The van der Waals surface area contributed by atoms with E-state index in [-0.39, 0.29) is 11.8 Å². The largest absolute Gasteiger partial charge is 0.368 e. The van der Waals surface area contributed by atoms with Crippen molar-refractivity contribution in [2.24, 2.45) is 0 Å². The van der Waals surface area contributed by atoms with Crippen LogP contribution in [0.1, 0.15) is 12.6 Å². The zero-order valence-corrected chi connectivity index (χ0v) is 18.0. The van der Waals surface area contributed by atoms with E-state index in [0.717, 1.165) is 24.5 Å². The molecule has 0 bridgehead atoms. The molecule has 1 aliphatic heterocycles. The van der Waals surface area contributed by atoms with Gasteiger partial charge in [0.25, 0.3) is 0 Å². The Kier molecular flexibility index (Phi) is 6.37. The number of pyridine rings is 1. The molecule has 2 aromatic heterocycles. The Balaban J connectivity index is 1.38. The molecule has 2 amide bonds. The molecular weight excluding hydrogens is 410 g/mol. The third-order valence-corrected chi connectivity index (χ3v) is 5.89. The highest BCUT2D eigenvalue weighted by Crippen LogP contribution is 2.29. The van der Waals surface area contributed by atoms with E-state index in [2.05, 4.69) is 14.9 Å². The predicted molar refractivity (Wildman–Crippen MR) is 123 cm³/mol. The van der Waals surface area contributed by atoms with Gasteiger partial charge in [-0.3, -0.25) is 19.5 Å². The first kappa shape index (κ1) is 20.7. The molecule has 3 heterocycles. The Hall–Kier alpha value is -3.52. The maximum atomic E-state index is 12.6. The molecule has 0 unspecified atom stereocenters. The van der Waals surface area contributed by atoms with Gasteiger partial charge in [-0.05, 0) is 30.3 Å². The van der Waals surface area contributed by atoms with Crippen LogP contribution < -0.4 is 9.80 Å². The summed E-state index contributed by atoms with van der Waals surface area (Å²) in [5.74, 6) is -0.144. The van der Waals surface area contributed by atoms with Crippen molar-refractivity contribution in [1.29, 1.82) is 0 Å². The molecule has 1 fully saturated rings. The second-order valence-corrected chi connectivity index (χ2v) is 7.93. The highest BCUT2D eigenvalue weighted by atomic mass is 32.1. The minimum Gasteiger partial charge on any atom is -0.368 e. The van der Waals surface area contributed by atoms with Crippen LogP contribution in [0.3, 0.4) is 0 Å². The van der Waals surface area contributed by atoms with Gasteiger partial charge in [-0.1, -0.05) is 18.2 Å². The van der Waals surface area contributed by atoms with Crippen molar-refractivity contribution >= 4 is 45.7 Å². The third-order valence-electron chi connectivity index (χ3n) is 5.05. The van der Waals surface area contributed by atoms with Crippen molar-refractivity contribution < 1.29 is 9.59 Å². The minimum absolute atomic E-state index is 0.0320.